The van der Waals surface area contributed by atoms with Crippen LogP contribution in [0.5, 0.6) is 5.88 Å². The van der Waals surface area contributed by atoms with Gasteiger partial charge in [-0.15, -0.1) is 0 Å². The van der Waals surface area contributed by atoms with Gasteiger partial charge in [0.15, 0.2) is 0 Å². The Labute approximate surface area is 119 Å². The van der Waals surface area contributed by atoms with E-state index in [1.807, 2.05) is 0 Å². The smallest absolute Gasteiger partial charge is 0.258 e. The summed E-state index contributed by atoms with van der Waals surface area (Å²) in [5, 5.41) is 12.4. The summed E-state index contributed by atoms with van der Waals surface area (Å²) in [5.41, 5.74) is -0.386. The predicted molar refractivity (Wildman–Crippen MR) is 74.3 cm³/mol. The van der Waals surface area contributed by atoms with Crippen LogP contribution in [0, 0.1) is 11.3 Å². The molecule has 1 amide bonds. The van der Waals surface area contributed by atoms with Crippen LogP contribution >= 0.6 is 0 Å². The van der Waals surface area contributed by atoms with E-state index in [9.17, 15) is 10.1 Å². The van der Waals surface area contributed by atoms with Gasteiger partial charge >= 0.3 is 0 Å². The van der Waals surface area contributed by atoms with E-state index in [2.05, 4.69) is 16.4 Å². The Bertz CT molecular complexity index is 514. The van der Waals surface area contributed by atoms with Crippen molar-refractivity contribution in [2.45, 2.75) is 44.1 Å². The number of nitriles is 1. The van der Waals surface area contributed by atoms with Gasteiger partial charge < -0.3 is 10.1 Å². The van der Waals surface area contributed by atoms with Crippen molar-refractivity contribution < 1.29 is 9.53 Å². The van der Waals surface area contributed by atoms with Crippen molar-refractivity contribution in [1.29, 1.82) is 5.26 Å². The molecule has 1 aromatic heterocycles. The number of hydrogen-bond acceptors (Lipinski definition) is 4. The molecule has 1 heterocycles. The highest BCUT2D eigenvalue weighted by Crippen LogP contribution is 2.27. The minimum atomic E-state index is -0.756. The third-order valence-electron chi connectivity index (χ3n) is 3.73. The minimum absolute atomic E-state index is 0.284. The monoisotopic (exact) mass is 273 g/mol. The molecule has 1 saturated carbocycles. The Hall–Kier alpha value is -2.09. The molecule has 0 unspecified atom stereocenters. The zero-order valence-corrected chi connectivity index (χ0v) is 11.7. The predicted octanol–water partition coefficient (Wildman–Crippen LogP) is 2.44. The fourth-order valence-electron chi connectivity index (χ4n) is 2.61. The number of rotatable bonds is 3. The molecule has 2 rings (SSSR count). The van der Waals surface area contributed by atoms with Gasteiger partial charge in [-0.25, -0.2) is 4.98 Å². The summed E-state index contributed by atoms with van der Waals surface area (Å²) in [5.74, 6) is -0.00916. The Balaban J connectivity index is 2.19. The number of methoxy groups -OCH3 is 1. The molecule has 0 aromatic carbocycles. The maximum absolute atomic E-state index is 12.4. The molecule has 1 aromatic rings. The molecule has 1 N–H and O–H groups in total. The van der Waals surface area contributed by atoms with Crippen molar-refractivity contribution in [3.63, 3.8) is 0 Å². The van der Waals surface area contributed by atoms with Crippen LogP contribution in [0.4, 0.5) is 0 Å². The van der Waals surface area contributed by atoms with Crippen LogP contribution in [0.3, 0.4) is 0 Å². The second kappa shape index (κ2) is 6.38. The lowest BCUT2D eigenvalue weighted by atomic mass is 9.91. The molecular formula is C15H19N3O2. The maximum atomic E-state index is 12.4. The fraction of sp³-hybridized carbons (Fsp3) is 0.533. The normalized spacial score (nSPS) is 17.6. The first-order valence-electron chi connectivity index (χ1n) is 6.93. The summed E-state index contributed by atoms with van der Waals surface area (Å²) < 4.78 is 5.09. The molecule has 1 aliphatic rings. The molecule has 0 saturated heterocycles. The van der Waals surface area contributed by atoms with Crippen molar-refractivity contribution in [2.24, 2.45) is 0 Å². The van der Waals surface area contributed by atoms with Crippen molar-refractivity contribution in [2.75, 3.05) is 7.11 Å². The van der Waals surface area contributed by atoms with Crippen LogP contribution in [0.15, 0.2) is 18.3 Å². The molecule has 0 radical (unpaired) electrons. The SMILES string of the molecule is COc1ncccc1C(=O)NC1(C#N)CCCCCC1. The third kappa shape index (κ3) is 3.08. The fourth-order valence-corrected chi connectivity index (χ4v) is 2.61. The number of carbonyl (C=O) groups is 1. The molecule has 0 atom stereocenters. The van der Waals surface area contributed by atoms with Gasteiger partial charge in [-0.1, -0.05) is 25.7 Å². The van der Waals surface area contributed by atoms with Gasteiger partial charge in [-0.05, 0) is 25.0 Å². The van der Waals surface area contributed by atoms with E-state index in [1.54, 1.807) is 18.3 Å². The lowest BCUT2D eigenvalue weighted by molar-refractivity contribution is 0.0909. The van der Waals surface area contributed by atoms with E-state index in [1.165, 1.54) is 7.11 Å². The summed E-state index contributed by atoms with van der Waals surface area (Å²) in [6.45, 7) is 0. The average Bonchev–Trinajstić information content (AvgIpc) is 2.73. The Morgan fingerprint density at radius 2 is 2.10 bits per heavy atom. The first-order chi connectivity index (χ1) is 9.71. The summed E-state index contributed by atoms with van der Waals surface area (Å²) in [4.78, 5) is 16.4. The topological polar surface area (TPSA) is 75.0 Å². The quantitative estimate of drug-likeness (QED) is 0.858. The number of hydrogen-bond donors (Lipinski definition) is 1. The summed E-state index contributed by atoms with van der Waals surface area (Å²) in [7, 11) is 1.48. The highest BCUT2D eigenvalue weighted by molar-refractivity contribution is 5.97. The van der Waals surface area contributed by atoms with Crippen LogP contribution in [0.25, 0.3) is 0 Å². The van der Waals surface area contributed by atoms with E-state index in [0.717, 1.165) is 25.7 Å². The largest absolute Gasteiger partial charge is 0.480 e. The average molecular weight is 273 g/mol. The van der Waals surface area contributed by atoms with Crippen LogP contribution in [0.2, 0.25) is 0 Å². The van der Waals surface area contributed by atoms with Gasteiger partial charge in [0.1, 0.15) is 11.1 Å². The maximum Gasteiger partial charge on any atom is 0.258 e. The van der Waals surface area contributed by atoms with E-state index in [4.69, 9.17) is 4.74 Å². The number of nitrogens with zero attached hydrogens (tertiary/aromatic N) is 2. The second-order valence-corrected chi connectivity index (χ2v) is 5.12. The van der Waals surface area contributed by atoms with Crippen molar-refractivity contribution in [3.8, 4) is 11.9 Å². The molecule has 106 valence electrons. The third-order valence-corrected chi connectivity index (χ3v) is 3.73. The second-order valence-electron chi connectivity index (χ2n) is 5.12. The summed E-state index contributed by atoms with van der Waals surface area (Å²) in [6, 6.07) is 5.64. The van der Waals surface area contributed by atoms with Gasteiger partial charge in [-0.3, -0.25) is 4.79 Å². The summed E-state index contributed by atoms with van der Waals surface area (Å²) >= 11 is 0. The molecule has 5 nitrogen and oxygen atoms in total. The van der Waals surface area contributed by atoms with Crippen LogP contribution in [-0.2, 0) is 0 Å². The van der Waals surface area contributed by atoms with Crippen LogP contribution in [-0.4, -0.2) is 23.5 Å². The van der Waals surface area contributed by atoms with Gasteiger partial charge in [0.05, 0.1) is 13.2 Å². The first-order valence-corrected chi connectivity index (χ1v) is 6.93. The number of amides is 1. The summed E-state index contributed by atoms with van der Waals surface area (Å²) in [6.07, 6.45) is 7.16. The Morgan fingerprint density at radius 1 is 1.40 bits per heavy atom. The molecule has 1 fully saturated rings. The van der Waals surface area contributed by atoms with Gasteiger partial charge in [0.25, 0.3) is 5.91 Å². The highest BCUT2D eigenvalue weighted by Gasteiger charge is 2.33. The number of aromatic nitrogens is 1. The van der Waals surface area contributed by atoms with E-state index in [0.29, 0.717) is 18.4 Å². The van der Waals surface area contributed by atoms with Gasteiger partial charge in [0.2, 0.25) is 5.88 Å². The molecule has 5 heteroatoms. The van der Waals surface area contributed by atoms with E-state index < -0.39 is 5.54 Å². The lowest BCUT2D eigenvalue weighted by Gasteiger charge is -2.26. The molecule has 20 heavy (non-hydrogen) atoms. The van der Waals surface area contributed by atoms with Crippen molar-refractivity contribution in [3.05, 3.63) is 23.9 Å². The Kier molecular flexibility index (Phi) is 4.57. The molecule has 1 aliphatic carbocycles. The standard InChI is InChI=1S/C15H19N3O2/c1-20-14-12(7-6-10-17-14)13(19)18-15(11-16)8-4-2-3-5-9-15/h6-7,10H,2-5,8-9H2,1H3,(H,18,19). The number of carbonyl (C=O) groups excluding carboxylic acids is 1. The lowest BCUT2D eigenvalue weighted by Crippen LogP contribution is -2.47. The molecular weight excluding hydrogens is 254 g/mol. The molecule has 0 aliphatic heterocycles. The number of nitrogens with one attached hydrogen (secondary N) is 1. The van der Waals surface area contributed by atoms with Crippen molar-refractivity contribution >= 4 is 5.91 Å². The zero-order chi connectivity index (χ0) is 14.4. The van der Waals surface area contributed by atoms with Crippen molar-refractivity contribution in [1.82, 2.24) is 10.3 Å². The van der Waals surface area contributed by atoms with Gasteiger partial charge in [0, 0.05) is 6.20 Å². The van der Waals surface area contributed by atoms with Crippen LogP contribution in [0.1, 0.15) is 48.9 Å². The minimum Gasteiger partial charge on any atom is -0.480 e. The first kappa shape index (κ1) is 14.3. The highest BCUT2D eigenvalue weighted by atomic mass is 16.5. The number of pyridine rings is 1. The molecule has 0 spiro atoms. The van der Waals surface area contributed by atoms with Crippen LogP contribution < -0.4 is 10.1 Å². The van der Waals surface area contributed by atoms with Gasteiger partial charge in [-0.2, -0.15) is 5.26 Å². The van der Waals surface area contributed by atoms with E-state index >= 15 is 0 Å². The zero-order valence-electron chi connectivity index (χ0n) is 11.7. The molecule has 0 bridgehead atoms. The number of ether oxygens (including phenoxy) is 1. The van der Waals surface area contributed by atoms with E-state index in [-0.39, 0.29) is 11.8 Å². The Morgan fingerprint density at radius 3 is 2.70 bits per heavy atom.